The van der Waals surface area contributed by atoms with Crippen molar-refractivity contribution in [1.29, 1.82) is 0 Å². The number of amides is 1. The molecule has 1 N–H and O–H groups in total. The topological polar surface area (TPSA) is 47.6 Å². The van der Waals surface area contributed by atoms with Crippen LogP contribution in [0.2, 0.25) is 0 Å². The van der Waals surface area contributed by atoms with Gasteiger partial charge in [-0.05, 0) is 29.3 Å². The molecule has 0 aliphatic carbocycles. The average molecular weight is 378 g/mol. The van der Waals surface area contributed by atoms with Crippen molar-refractivity contribution in [1.82, 2.24) is 0 Å². The van der Waals surface area contributed by atoms with Crippen molar-refractivity contribution in [3.8, 4) is 11.5 Å². The van der Waals surface area contributed by atoms with E-state index in [0.29, 0.717) is 11.5 Å². The largest absolute Gasteiger partial charge is 0.454 e. The number of ether oxygens (including phenoxy) is 2. The summed E-state index contributed by atoms with van der Waals surface area (Å²) in [4.78, 5) is 12.0. The molecule has 0 saturated heterocycles. The zero-order valence-electron chi connectivity index (χ0n) is 11.5. The maximum absolute atomic E-state index is 12.0. The Hall–Kier alpha value is -1.66. The molecule has 0 spiro atoms. The molecule has 2 aromatic rings. The molecule has 1 unspecified atom stereocenters. The number of carbonyl (C=O) groups is 1. The number of rotatable bonds is 1. The quantitative estimate of drug-likeness (QED) is 0.816. The lowest BCUT2D eigenvalue weighted by molar-refractivity contribution is -0.113. The van der Waals surface area contributed by atoms with Gasteiger partial charge in [-0.25, -0.2) is 0 Å². The van der Waals surface area contributed by atoms with Crippen LogP contribution in [0.1, 0.15) is 16.4 Å². The van der Waals surface area contributed by atoms with Crippen LogP contribution in [0.5, 0.6) is 11.5 Å². The second-order valence-electron chi connectivity index (χ2n) is 5.08. The molecular formula is C16H12BrNO3S. The molecule has 2 aromatic carbocycles. The third kappa shape index (κ3) is 2.46. The van der Waals surface area contributed by atoms with Gasteiger partial charge in [0.1, 0.15) is 0 Å². The van der Waals surface area contributed by atoms with Crippen LogP contribution in [-0.2, 0) is 4.79 Å². The van der Waals surface area contributed by atoms with Crippen LogP contribution in [0.25, 0.3) is 0 Å². The molecule has 1 atom stereocenters. The molecule has 6 heteroatoms. The lowest BCUT2D eigenvalue weighted by atomic mass is 10.0. The Morgan fingerprint density at radius 2 is 1.86 bits per heavy atom. The molecule has 0 saturated carbocycles. The molecule has 0 radical (unpaired) electrons. The van der Waals surface area contributed by atoms with E-state index in [1.165, 1.54) is 0 Å². The molecule has 4 rings (SSSR count). The summed E-state index contributed by atoms with van der Waals surface area (Å²) in [7, 11) is 0. The van der Waals surface area contributed by atoms with E-state index >= 15 is 0 Å². The van der Waals surface area contributed by atoms with Gasteiger partial charge in [0.15, 0.2) is 11.5 Å². The predicted octanol–water partition coefficient (Wildman–Crippen LogP) is 3.95. The molecule has 2 heterocycles. The third-order valence-electron chi connectivity index (χ3n) is 3.66. The number of thioether (sulfide) groups is 1. The van der Waals surface area contributed by atoms with E-state index in [0.717, 1.165) is 27.0 Å². The Balaban J connectivity index is 1.83. The fourth-order valence-corrected chi connectivity index (χ4v) is 4.01. The summed E-state index contributed by atoms with van der Waals surface area (Å²) in [6, 6.07) is 12.0. The Morgan fingerprint density at radius 1 is 1.14 bits per heavy atom. The summed E-state index contributed by atoms with van der Waals surface area (Å²) in [5, 5.41) is 3.04. The van der Waals surface area contributed by atoms with E-state index < -0.39 is 0 Å². The number of hydrogen-bond donors (Lipinski definition) is 1. The van der Waals surface area contributed by atoms with Gasteiger partial charge in [-0.3, -0.25) is 4.79 Å². The monoisotopic (exact) mass is 377 g/mol. The highest BCUT2D eigenvalue weighted by Crippen LogP contribution is 2.46. The summed E-state index contributed by atoms with van der Waals surface area (Å²) in [5.74, 6) is 1.84. The summed E-state index contributed by atoms with van der Waals surface area (Å²) in [5.41, 5.74) is 3.00. The van der Waals surface area contributed by atoms with Gasteiger partial charge in [0.25, 0.3) is 0 Å². The van der Waals surface area contributed by atoms with Gasteiger partial charge in [0.05, 0.1) is 11.0 Å². The van der Waals surface area contributed by atoms with Crippen molar-refractivity contribution in [3.05, 3.63) is 52.0 Å². The second kappa shape index (κ2) is 5.52. The van der Waals surface area contributed by atoms with Crippen LogP contribution in [0.15, 0.2) is 40.9 Å². The van der Waals surface area contributed by atoms with Crippen LogP contribution in [0.4, 0.5) is 5.69 Å². The summed E-state index contributed by atoms with van der Waals surface area (Å²) in [6.07, 6.45) is 0. The van der Waals surface area contributed by atoms with Crippen molar-refractivity contribution in [3.63, 3.8) is 0 Å². The van der Waals surface area contributed by atoms with Gasteiger partial charge in [-0.15, -0.1) is 11.8 Å². The number of carbonyl (C=O) groups excluding carboxylic acids is 1. The third-order valence-corrected chi connectivity index (χ3v) is 5.47. The second-order valence-corrected chi connectivity index (χ2v) is 7.09. The molecular weight excluding hydrogens is 366 g/mol. The lowest BCUT2D eigenvalue weighted by Crippen LogP contribution is -2.12. The molecule has 0 fully saturated rings. The Morgan fingerprint density at radius 3 is 2.64 bits per heavy atom. The highest BCUT2D eigenvalue weighted by Gasteiger charge is 2.27. The first-order valence-corrected chi connectivity index (χ1v) is 8.65. The van der Waals surface area contributed by atoms with Crippen molar-refractivity contribution in [2.75, 3.05) is 17.9 Å². The highest BCUT2D eigenvalue weighted by molar-refractivity contribution is 9.10. The van der Waals surface area contributed by atoms with E-state index in [1.807, 2.05) is 24.3 Å². The smallest absolute Gasteiger partial charge is 0.234 e. The van der Waals surface area contributed by atoms with Crippen molar-refractivity contribution < 1.29 is 14.3 Å². The predicted molar refractivity (Wildman–Crippen MR) is 89.6 cm³/mol. The van der Waals surface area contributed by atoms with E-state index in [1.54, 1.807) is 11.8 Å². The molecule has 4 nitrogen and oxygen atoms in total. The average Bonchev–Trinajstić information content (AvgIpc) is 2.89. The summed E-state index contributed by atoms with van der Waals surface area (Å²) < 4.78 is 11.9. The molecule has 2 aliphatic rings. The highest BCUT2D eigenvalue weighted by atomic mass is 79.9. The van der Waals surface area contributed by atoms with Crippen LogP contribution in [0, 0.1) is 0 Å². The Labute approximate surface area is 140 Å². The first kappa shape index (κ1) is 14.0. The number of nitrogens with one attached hydrogen (secondary N) is 1. The van der Waals surface area contributed by atoms with Crippen LogP contribution in [0.3, 0.4) is 0 Å². The van der Waals surface area contributed by atoms with E-state index in [4.69, 9.17) is 9.47 Å². The fourth-order valence-electron chi connectivity index (χ4n) is 2.63. The van der Waals surface area contributed by atoms with Crippen molar-refractivity contribution in [2.45, 2.75) is 5.25 Å². The summed E-state index contributed by atoms with van der Waals surface area (Å²) >= 11 is 5.07. The number of hydrogen-bond acceptors (Lipinski definition) is 4. The number of benzene rings is 2. The summed E-state index contributed by atoms with van der Waals surface area (Å²) in [6.45, 7) is 0.224. The zero-order valence-corrected chi connectivity index (χ0v) is 13.9. The number of halogens is 1. The minimum atomic E-state index is 0.00438. The number of anilines is 1. The fraction of sp³-hybridized carbons (Fsp3) is 0.188. The number of fused-ring (bicyclic) bond motifs is 2. The van der Waals surface area contributed by atoms with Crippen LogP contribution in [-0.4, -0.2) is 18.5 Å². The van der Waals surface area contributed by atoms with E-state index in [9.17, 15) is 4.79 Å². The van der Waals surface area contributed by atoms with Gasteiger partial charge >= 0.3 is 0 Å². The van der Waals surface area contributed by atoms with E-state index in [2.05, 4.69) is 33.4 Å². The SMILES string of the molecule is O=C1CSC(c2ccc(Br)cc2)c2cc3c(cc2N1)OCO3. The van der Waals surface area contributed by atoms with E-state index in [-0.39, 0.29) is 18.0 Å². The van der Waals surface area contributed by atoms with Gasteiger partial charge in [0.2, 0.25) is 12.7 Å². The van der Waals surface area contributed by atoms with Gasteiger partial charge in [-0.2, -0.15) is 0 Å². The first-order chi connectivity index (χ1) is 10.7. The molecule has 22 heavy (non-hydrogen) atoms. The minimum Gasteiger partial charge on any atom is -0.454 e. The van der Waals surface area contributed by atoms with Gasteiger partial charge in [0, 0.05) is 16.2 Å². The first-order valence-electron chi connectivity index (χ1n) is 6.81. The molecule has 112 valence electrons. The standard InChI is InChI=1S/C16H12BrNO3S/c17-10-3-1-9(2-4-10)16-11-5-13-14(21-8-20-13)6-12(11)18-15(19)7-22-16/h1-6,16H,7-8H2,(H,18,19). The molecule has 0 aromatic heterocycles. The zero-order chi connectivity index (χ0) is 15.1. The normalized spacial score (nSPS) is 19.3. The minimum absolute atomic E-state index is 0.00438. The molecule has 2 aliphatic heterocycles. The Bertz CT molecular complexity index is 748. The van der Waals surface area contributed by atoms with Crippen molar-refractivity contribution >= 4 is 39.3 Å². The maximum Gasteiger partial charge on any atom is 0.234 e. The van der Waals surface area contributed by atoms with Gasteiger partial charge < -0.3 is 14.8 Å². The Kier molecular flexibility index (Phi) is 3.50. The maximum atomic E-state index is 12.0. The molecule has 1 amide bonds. The van der Waals surface area contributed by atoms with Crippen LogP contribution >= 0.6 is 27.7 Å². The lowest BCUT2D eigenvalue weighted by Gasteiger charge is -2.17. The van der Waals surface area contributed by atoms with Crippen LogP contribution < -0.4 is 14.8 Å². The molecule has 0 bridgehead atoms. The van der Waals surface area contributed by atoms with Crippen molar-refractivity contribution in [2.24, 2.45) is 0 Å². The van der Waals surface area contributed by atoms with Gasteiger partial charge in [-0.1, -0.05) is 28.1 Å².